The van der Waals surface area contributed by atoms with E-state index in [1.807, 2.05) is 0 Å². The summed E-state index contributed by atoms with van der Waals surface area (Å²) in [6, 6.07) is 0.263. The van der Waals surface area contributed by atoms with Crippen LogP contribution in [0.1, 0.15) is 58.8 Å². The van der Waals surface area contributed by atoms with Crippen LogP contribution in [0.4, 0.5) is 0 Å². The van der Waals surface area contributed by atoms with Crippen LogP contribution in [-0.2, 0) is 0 Å². The van der Waals surface area contributed by atoms with Gasteiger partial charge in [-0.25, -0.2) is 0 Å². The average Bonchev–Trinajstić information content (AvgIpc) is 2.76. The number of allylic oxidation sites excluding steroid dienone is 2. The summed E-state index contributed by atoms with van der Waals surface area (Å²) in [6.07, 6.45) is 12.8. The molecule has 3 N–H and O–H groups in total. The number of aliphatic hydroxyl groups excluding tert-OH is 1. The number of nitrogens with two attached hydrogens (primary N) is 1. The summed E-state index contributed by atoms with van der Waals surface area (Å²) < 4.78 is 0. The third-order valence-corrected chi connectivity index (χ3v) is 7.51. The summed E-state index contributed by atoms with van der Waals surface area (Å²) in [5.41, 5.74) is 9.91. The predicted molar refractivity (Wildman–Crippen MR) is 85.7 cm³/mol. The highest BCUT2D eigenvalue weighted by atomic mass is 16.3. The van der Waals surface area contributed by atoms with Gasteiger partial charge in [-0.1, -0.05) is 37.1 Å². The molecule has 0 aromatic heterocycles. The van der Waals surface area contributed by atoms with E-state index in [1.165, 1.54) is 25.7 Å². The van der Waals surface area contributed by atoms with Crippen molar-refractivity contribution in [2.75, 3.05) is 0 Å². The molecule has 4 aliphatic rings. The van der Waals surface area contributed by atoms with Crippen molar-refractivity contribution in [1.82, 2.24) is 0 Å². The zero-order chi connectivity index (χ0) is 14.8. The van der Waals surface area contributed by atoms with Gasteiger partial charge in [-0.15, -0.1) is 0 Å². The average molecular weight is 287 g/mol. The van der Waals surface area contributed by atoms with Crippen molar-refractivity contribution in [3.05, 3.63) is 23.3 Å². The molecule has 6 atom stereocenters. The maximum Gasteiger partial charge on any atom is 0.0634 e. The standard InChI is InChI=1S/C19H29NO/c1-18-9-7-13(20)11-12(18)3-4-14-15-5-6-17(21)19(15,2)10-8-16(14)18/h7,9,12-13,16-17,21H,3-6,8,10-11,20H2,1-2H3/t12-,13+,16+,17+,18+,19+/m1/s1. The van der Waals surface area contributed by atoms with Gasteiger partial charge in [0.05, 0.1) is 6.10 Å². The Kier molecular flexibility index (Phi) is 2.97. The van der Waals surface area contributed by atoms with Gasteiger partial charge >= 0.3 is 0 Å². The van der Waals surface area contributed by atoms with Gasteiger partial charge in [0.25, 0.3) is 0 Å². The smallest absolute Gasteiger partial charge is 0.0634 e. The lowest BCUT2D eigenvalue weighted by Gasteiger charge is -2.54. The molecule has 4 aliphatic carbocycles. The summed E-state index contributed by atoms with van der Waals surface area (Å²) in [5.74, 6) is 1.45. The highest BCUT2D eigenvalue weighted by molar-refractivity contribution is 5.36. The van der Waals surface area contributed by atoms with Crippen molar-refractivity contribution in [1.29, 1.82) is 0 Å². The fraction of sp³-hybridized carbons (Fsp3) is 0.789. The molecule has 0 unspecified atom stereocenters. The van der Waals surface area contributed by atoms with Crippen molar-refractivity contribution in [2.45, 2.75) is 70.9 Å². The van der Waals surface area contributed by atoms with Crippen LogP contribution in [0.5, 0.6) is 0 Å². The minimum atomic E-state index is -0.109. The van der Waals surface area contributed by atoms with E-state index in [4.69, 9.17) is 5.73 Å². The molecule has 0 aliphatic heterocycles. The Bertz CT molecular complexity index is 522. The van der Waals surface area contributed by atoms with E-state index in [9.17, 15) is 5.11 Å². The summed E-state index contributed by atoms with van der Waals surface area (Å²) in [5, 5.41) is 10.4. The largest absolute Gasteiger partial charge is 0.392 e. The molecular weight excluding hydrogens is 258 g/mol. The Hall–Kier alpha value is -0.600. The zero-order valence-electron chi connectivity index (χ0n) is 13.4. The number of aliphatic hydroxyl groups is 1. The molecule has 4 rings (SSSR count). The molecule has 0 radical (unpaired) electrons. The van der Waals surface area contributed by atoms with Crippen LogP contribution in [0.15, 0.2) is 23.3 Å². The van der Waals surface area contributed by atoms with E-state index in [1.54, 1.807) is 11.1 Å². The van der Waals surface area contributed by atoms with E-state index in [2.05, 4.69) is 26.0 Å². The molecule has 0 spiro atoms. The van der Waals surface area contributed by atoms with Crippen LogP contribution >= 0.6 is 0 Å². The normalized spacial score (nSPS) is 52.4. The molecule has 2 saturated carbocycles. The summed E-state index contributed by atoms with van der Waals surface area (Å²) >= 11 is 0. The molecule has 0 bridgehead atoms. The number of rotatable bonds is 0. The van der Waals surface area contributed by atoms with Gasteiger partial charge in [-0.3, -0.25) is 0 Å². The van der Waals surface area contributed by atoms with E-state index >= 15 is 0 Å². The van der Waals surface area contributed by atoms with Crippen LogP contribution in [0.25, 0.3) is 0 Å². The fourth-order valence-electron chi connectivity index (χ4n) is 6.06. The predicted octanol–water partition coefficient (Wildman–Crippen LogP) is 3.56. The first-order chi connectivity index (χ1) is 9.95. The maximum atomic E-state index is 10.4. The van der Waals surface area contributed by atoms with Gasteiger partial charge in [-0.05, 0) is 62.2 Å². The van der Waals surface area contributed by atoms with Crippen molar-refractivity contribution in [2.24, 2.45) is 28.4 Å². The molecule has 0 heterocycles. The van der Waals surface area contributed by atoms with E-state index < -0.39 is 0 Å². The van der Waals surface area contributed by atoms with Gasteiger partial charge in [0.1, 0.15) is 0 Å². The Balaban J connectivity index is 1.78. The third-order valence-electron chi connectivity index (χ3n) is 7.51. The van der Waals surface area contributed by atoms with Crippen molar-refractivity contribution >= 4 is 0 Å². The van der Waals surface area contributed by atoms with Gasteiger partial charge in [0.2, 0.25) is 0 Å². The Labute approximate surface area is 128 Å². The summed E-state index contributed by atoms with van der Waals surface area (Å²) in [4.78, 5) is 0. The van der Waals surface area contributed by atoms with Gasteiger partial charge in [0.15, 0.2) is 0 Å². The SMILES string of the molecule is C[C@]12C=C[C@H](N)C[C@H]1CCC1=C3CC[C@H](O)[C@@]3(C)CC[C@@H]12. The van der Waals surface area contributed by atoms with E-state index in [0.29, 0.717) is 11.3 Å². The lowest BCUT2D eigenvalue weighted by molar-refractivity contribution is 0.0402. The van der Waals surface area contributed by atoms with Crippen molar-refractivity contribution in [3.63, 3.8) is 0 Å². The molecule has 0 aromatic rings. The van der Waals surface area contributed by atoms with Crippen molar-refractivity contribution in [3.8, 4) is 0 Å². The lowest BCUT2D eigenvalue weighted by atomic mass is 9.51. The van der Waals surface area contributed by atoms with E-state index in [-0.39, 0.29) is 17.6 Å². The highest BCUT2D eigenvalue weighted by Gasteiger charge is 2.53. The number of hydrogen-bond donors (Lipinski definition) is 2. The second-order valence-corrected chi connectivity index (χ2v) is 8.43. The number of hydrogen-bond acceptors (Lipinski definition) is 2. The molecular formula is C19H29NO. The first-order valence-electron chi connectivity index (χ1n) is 8.80. The van der Waals surface area contributed by atoms with Crippen molar-refractivity contribution < 1.29 is 5.11 Å². The Morgan fingerprint density at radius 1 is 1.19 bits per heavy atom. The fourth-order valence-corrected chi connectivity index (χ4v) is 6.06. The molecule has 2 fully saturated rings. The molecule has 0 aromatic carbocycles. The van der Waals surface area contributed by atoms with Crippen LogP contribution in [-0.4, -0.2) is 17.3 Å². The zero-order valence-corrected chi connectivity index (χ0v) is 13.4. The molecule has 0 saturated heterocycles. The highest BCUT2D eigenvalue weighted by Crippen LogP contribution is 2.62. The van der Waals surface area contributed by atoms with Gasteiger partial charge in [-0.2, -0.15) is 0 Å². The topological polar surface area (TPSA) is 46.2 Å². The Morgan fingerprint density at radius 2 is 2.00 bits per heavy atom. The van der Waals surface area contributed by atoms with Crippen LogP contribution in [0.2, 0.25) is 0 Å². The molecule has 2 heteroatoms. The lowest BCUT2D eigenvalue weighted by Crippen LogP contribution is -2.47. The minimum Gasteiger partial charge on any atom is -0.392 e. The molecule has 116 valence electrons. The third kappa shape index (κ3) is 1.78. The van der Waals surface area contributed by atoms with Crippen LogP contribution in [0, 0.1) is 22.7 Å². The second kappa shape index (κ2) is 4.45. The molecule has 21 heavy (non-hydrogen) atoms. The monoisotopic (exact) mass is 287 g/mol. The minimum absolute atomic E-state index is 0.0871. The second-order valence-electron chi connectivity index (χ2n) is 8.43. The first kappa shape index (κ1) is 14.0. The summed E-state index contributed by atoms with van der Waals surface area (Å²) in [7, 11) is 0. The number of fused-ring (bicyclic) bond motifs is 4. The van der Waals surface area contributed by atoms with Gasteiger partial charge < -0.3 is 10.8 Å². The Morgan fingerprint density at radius 3 is 2.81 bits per heavy atom. The first-order valence-corrected chi connectivity index (χ1v) is 8.80. The molecule has 0 amide bonds. The van der Waals surface area contributed by atoms with Crippen LogP contribution < -0.4 is 5.73 Å². The summed E-state index contributed by atoms with van der Waals surface area (Å²) in [6.45, 7) is 4.78. The van der Waals surface area contributed by atoms with Crippen LogP contribution in [0.3, 0.4) is 0 Å². The van der Waals surface area contributed by atoms with E-state index in [0.717, 1.165) is 25.2 Å². The molecule has 2 nitrogen and oxygen atoms in total. The quantitative estimate of drug-likeness (QED) is 0.669. The van der Waals surface area contributed by atoms with Gasteiger partial charge in [0, 0.05) is 11.5 Å². The maximum absolute atomic E-state index is 10.4.